The van der Waals surface area contributed by atoms with Crippen molar-refractivity contribution in [2.45, 2.75) is 6.10 Å². The average Bonchev–Trinajstić information content (AvgIpc) is 1.96. The molecule has 0 aliphatic carbocycles. The van der Waals surface area contributed by atoms with Crippen molar-refractivity contribution in [1.82, 2.24) is 4.90 Å². The molecule has 1 aliphatic rings. The Bertz CT molecular complexity index is 185. The molecular weight excluding hydrogens is 150 g/mol. The van der Waals surface area contributed by atoms with Gasteiger partial charge in [0.2, 0.25) is 0 Å². The lowest BCUT2D eigenvalue weighted by Gasteiger charge is -2.34. The molecule has 0 aromatic rings. The summed E-state index contributed by atoms with van der Waals surface area (Å²) in [5, 5.41) is 8.78. The molecule has 0 unspecified atom stereocenters. The van der Waals surface area contributed by atoms with Gasteiger partial charge in [-0.2, -0.15) is 0 Å². The number of amides is 1. The van der Waals surface area contributed by atoms with Crippen molar-refractivity contribution in [3.8, 4) is 0 Å². The molecule has 11 heavy (non-hydrogen) atoms. The largest absolute Gasteiger partial charge is 0.462 e. The highest BCUT2D eigenvalue weighted by Gasteiger charge is 2.32. The minimum absolute atomic E-state index is 0.230. The minimum atomic E-state index is -0.878. The second-order valence-corrected chi connectivity index (χ2v) is 2.36. The fraction of sp³-hybridized carbons (Fsp3) is 0.667. The van der Waals surface area contributed by atoms with Crippen molar-refractivity contribution in [2.24, 2.45) is 0 Å². The van der Waals surface area contributed by atoms with E-state index in [1.54, 1.807) is 0 Å². The molecule has 1 saturated heterocycles. The van der Waals surface area contributed by atoms with Crippen LogP contribution in [0.15, 0.2) is 0 Å². The van der Waals surface area contributed by atoms with Crippen molar-refractivity contribution >= 4 is 11.9 Å². The number of hydrogen-bond donors (Lipinski definition) is 1. The summed E-state index contributed by atoms with van der Waals surface area (Å²) in [6.45, 7) is 0.460. The zero-order chi connectivity index (χ0) is 8.43. The van der Waals surface area contributed by atoms with E-state index in [4.69, 9.17) is 5.11 Å². The van der Waals surface area contributed by atoms with E-state index in [0.717, 1.165) is 7.11 Å². The molecule has 0 bridgehead atoms. The van der Waals surface area contributed by atoms with Crippen LogP contribution in [0.3, 0.4) is 0 Å². The van der Waals surface area contributed by atoms with Crippen molar-refractivity contribution in [2.75, 3.05) is 20.2 Å². The summed E-state index contributed by atoms with van der Waals surface area (Å²) < 4.78 is 4.19. The zero-order valence-electron chi connectivity index (χ0n) is 6.11. The molecule has 1 rings (SSSR count). The lowest BCUT2D eigenvalue weighted by molar-refractivity contribution is -0.163. The Labute approximate surface area is 63.5 Å². The molecule has 1 N–H and O–H groups in total. The van der Waals surface area contributed by atoms with E-state index in [0.29, 0.717) is 0 Å². The molecule has 1 aliphatic heterocycles. The Kier molecular flexibility index (Phi) is 2.09. The fourth-order valence-electron chi connectivity index (χ4n) is 0.838. The maximum Gasteiger partial charge on any atom is 0.396 e. The van der Waals surface area contributed by atoms with E-state index in [9.17, 15) is 9.59 Å². The standard InChI is InChI=1S/C6H9NO4/c1-11-6(10)5(9)7-2-4(8)3-7/h4,8H,2-3H2,1H3. The van der Waals surface area contributed by atoms with Crippen LogP contribution in [0, 0.1) is 0 Å². The number of esters is 1. The summed E-state index contributed by atoms with van der Waals surface area (Å²) >= 11 is 0. The number of rotatable bonds is 0. The van der Waals surface area contributed by atoms with Gasteiger partial charge in [0.15, 0.2) is 0 Å². The highest BCUT2D eigenvalue weighted by Crippen LogP contribution is 2.07. The van der Waals surface area contributed by atoms with Crippen LogP contribution in [-0.2, 0) is 14.3 Å². The normalized spacial score (nSPS) is 17.5. The predicted molar refractivity (Wildman–Crippen MR) is 34.6 cm³/mol. The molecule has 1 amide bonds. The van der Waals surface area contributed by atoms with Gasteiger partial charge in [-0.25, -0.2) is 4.79 Å². The monoisotopic (exact) mass is 159 g/mol. The number of carbonyl (C=O) groups excluding carboxylic acids is 2. The number of methoxy groups -OCH3 is 1. The van der Waals surface area contributed by atoms with Gasteiger partial charge in [-0.3, -0.25) is 4.79 Å². The number of nitrogens with zero attached hydrogens (tertiary/aromatic N) is 1. The molecule has 62 valence electrons. The minimum Gasteiger partial charge on any atom is -0.462 e. The van der Waals surface area contributed by atoms with Crippen LogP contribution >= 0.6 is 0 Å². The molecular formula is C6H9NO4. The Balaban J connectivity index is 2.38. The van der Waals surface area contributed by atoms with Gasteiger partial charge in [0, 0.05) is 13.1 Å². The van der Waals surface area contributed by atoms with Crippen LogP contribution in [0.25, 0.3) is 0 Å². The van der Waals surface area contributed by atoms with Crippen LogP contribution < -0.4 is 0 Å². The van der Waals surface area contributed by atoms with Crippen molar-refractivity contribution < 1.29 is 19.4 Å². The number of likely N-dealkylation sites (tertiary alicyclic amines) is 1. The first kappa shape index (κ1) is 8.00. The first-order valence-electron chi connectivity index (χ1n) is 3.20. The third-order valence-corrected chi connectivity index (χ3v) is 1.51. The lowest BCUT2D eigenvalue weighted by Crippen LogP contribution is -2.55. The summed E-state index contributed by atoms with van der Waals surface area (Å²) in [6.07, 6.45) is -0.483. The van der Waals surface area contributed by atoms with E-state index in [-0.39, 0.29) is 13.1 Å². The number of aliphatic hydroxyl groups is 1. The summed E-state index contributed by atoms with van der Waals surface area (Å²) in [5.41, 5.74) is 0. The van der Waals surface area contributed by atoms with Gasteiger partial charge < -0.3 is 14.7 Å². The third-order valence-electron chi connectivity index (χ3n) is 1.51. The second-order valence-electron chi connectivity index (χ2n) is 2.36. The molecule has 0 atom stereocenters. The number of β-amino-alcohol motifs (C(OH)–C–C–N with tert-alkyl or cyclic N) is 1. The van der Waals surface area contributed by atoms with E-state index in [1.807, 2.05) is 0 Å². The van der Waals surface area contributed by atoms with Gasteiger partial charge in [0.25, 0.3) is 0 Å². The Hall–Kier alpha value is -1.10. The molecule has 0 saturated carbocycles. The van der Waals surface area contributed by atoms with E-state index >= 15 is 0 Å². The van der Waals surface area contributed by atoms with Crippen LogP contribution in [0.2, 0.25) is 0 Å². The van der Waals surface area contributed by atoms with Gasteiger partial charge in [-0.1, -0.05) is 0 Å². The van der Waals surface area contributed by atoms with Gasteiger partial charge in [-0.15, -0.1) is 0 Å². The van der Waals surface area contributed by atoms with Crippen LogP contribution in [-0.4, -0.2) is 48.2 Å². The quantitative estimate of drug-likeness (QED) is 0.340. The maximum absolute atomic E-state index is 10.8. The number of hydrogen-bond acceptors (Lipinski definition) is 4. The van der Waals surface area contributed by atoms with Crippen molar-refractivity contribution in [3.63, 3.8) is 0 Å². The molecule has 5 heteroatoms. The lowest BCUT2D eigenvalue weighted by atomic mass is 10.2. The van der Waals surface area contributed by atoms with E-state index in [1.165, 1.54) is 4.90 Å². The van der Waals surface area contributed by atoms with E-state index < -0.39 is 18.0 Å². The Morgan fingerprint density at radius 3 is 2.45 bits per heavy atom. The number of aliphatic hydroxyl groups excluding tert-OH is 1. The SMILES string of the molecule is COC(=O)C(=O)N1CC(O)C1. The third kappa shape index (κ3) is 1.48. The summed E-state index contributed by atoms with van der Waals surface area (Å²) in [7, 11) is 1.15. The predicted octanol–water partition coefficient (Wildman–Crippen LogP) is -1.64. The molecule has 0 aromatic carbocycles. The molecule has 0 spiro atoms. The van der Waals surface area contributed by atoms with Crippen LogP contribution in [0.4, 0.5) is 0 Å². The molecule has 1 fully saturated rings. The average molecular weight is 159 g/mol. The van der Waals surface area contributed by atoms with Gasteiger partial charge in [0.05, 0.1) is 13.2 Å². The Morgan fingerprint density at radius 2 is 2.09 bits per heavy atom. The topological polar surface area (TPSA) is 66.8 Å². The molecule has 0 aromatic heterocycles. The molecule has 1 heterocycles. The maximum atomic E-state index is 10.8. The molecule has 5 nitrogen and oxygen atoms in total. The smallest absolute Gasteiger partial charge is 0.396 e. The van der Waals surface area contributed by atoms with Gasteiger partial charge in [-0.05, 0) is 0 Å². The number of carbonyl (C=O) groups is 2. The van der Waals surface area contributed by atoms with Crippen molar-refractivity contribution in [3.05, 3.63) is 0 Å². The summed E-state index contributed by atoms with van der Waals surface area (Å²) in [4.78, 5) is 22.6. The van der Waals surface area contributed by atoms with Gasteiger partial charge in [0.1, 0.15) is 0 Å². The highest BCUT2D eigenvalue weighted by molar-refractivity contribution is 6.32. The van der Waals surface area contributed by atoms with Gasteiger partial charge >= 0.3 is 11.9 Å². The first-order valence-corrected chi connectivity index (χ1v) is 3.20. The first-order chi connectivity index (χ1) is 5.15. The molecule has 0 radical (unpaired) electrons. The van der Waals surface area contributed by atoms with E-state index in [2.05, 4.69) is 4.74 Å². The zero-order valence-corrected chi connectivity index (χ0v) is 6.11. The number of ether oxygens (including phenoxy) is 1. The summed E-state index contributed by atoms with van der Waals surface area (Å²) in [5.74, 6) is -1.56. The second kappa shape index (κ2) is 2.87. The Morgan fingerprint density at radius 1 is 1.55 bits per heavy atom. The highest BCUT2D eigenvalue weighted by atomic mass is 16.5. The van der Waals surface area contributed by atoms with Crippen molar-refractivity contribution in [1.29, 1.82) is 0 Å². The van der Waals surface area contributed by atoms with Crippen LogP contribution in [0.1, 0.15) is 0 Å². The van der Waals surface area contributed by atoms with Crippen LogP contribution in [0.5, 0.6) is 0 Å². The fourth-order valence-corrected chi connectivity index (χ4v) is 0.838. The summed E-state index contributed by atoms with van der Waals surface area (Å²) in [6, 6.07) is 0.